The van der Waals surface area contributed by atoms with Crippen LogP contribution in [0.25, 0.3) is 0 Å². The average molecular weight is 333 g/mol. The van der Waals surface area contributed by atoms with Crippen LogP contribution in [-0.4, -0.2) is 30.3 Å². The van der Waals surface area contributed by atoms with Gasteiger partial charge in [-0.15, -0.1) is 0 Å². The number of aromatic nitrogens is 2. The molecule has 2 aromatic rings. The van der Waals surface area contributed by atoms with E-state index < -0.39 is 9.84 Å². The fraction of sp³-hybridized carbons (Fsp3) is 0.375. The third kappa shape index (κ3) is 4.18. The number of aryl methyl sites for hydroxylation is 1. The van der Waals surface area contributed by atoms with Crippen LogP contribution in [-0.2, 0) is 21.1 Å². The van der Waals surface area contributed by atoms with Gasteiger partial charge in [0.15, 0.2) is 9.84 Å². The molecule has 1 atom stereocenters. The summed E-state index contributed by atoms with van der Waals surface area (Å²) in [5.74, 6) is 0.670. The molecule has 6 nitrogen and oxygen atoms in total. The SMILES string of the molecule is CCO[C@@H](C)c1nccn1CCS(=O)(=O)c1ccc(C#N)cc1. The van der Waals surface area contributed by atoms with Crippen LogP contribution in [0.15, 0.2) is 41.6 Å². The minimum Gasteiger partial charge on any atom is -0.371 e. The minimum atomic E-state index is -3.41. The van der Waals surface area contributed by atoms with E-state index in [9.17, 15) is 8.42 Å². The highest BCUT2D eigenvalue weighted by molar-refractivity contribution is 7.91. The van der Waals surface area contributed by atoms with Crippen molar-refractivity contribution >= 4 is 9.84 Å². The summed E-state index contributed by atoms with van der Waals surface area (Å²) in [5.41, 5.74) is 0.436. The van der Waals surface area contributed by atoms with E-state index in [4.69, 9.17) is 10.00 Å². The van der Waals surface area contributed by atoms with Crippen LogP contribution in [0.3, 0.4) is 0 Å². The van der Waals surface area contributed by atoms with Crippen LogP contribution < -0.4 is 0 Å². The number of ether oxygens (including phenoxy) is 1. The molecule has 1 aromatic heterocycles. The standard InChI is InChI=1S/C16H19N3O3S/c1-3-22-13(2)16-18-8-9-19(16)10-11-23(20,21)15-6-4-14(12-17)5-7-15/h4-9,13H,3,10-11H2,1-2H3/t13-/m0/s1. The lowest BCUT2D eigenvalue weighted by atomic mass is 10.2. The van der Waals surface area contributed by atoms with E-state index in [1.54, 1.807) is 17.0 Å². The number of rotatable bonds is 7. The summed E-state index contributed by atoms with van der Waals surface area (Å²) in [6, 6.07) is 7.91. The maximum atomic E-state index is 12.4. The number of hydrogen-bond acceptors (Lipinski definition) is 5. The van der Waals surface area contributed by atoms with E-state index in [1.807, 2.05) is 19.9 Å². The lowest BCUT2D eigenvalue weighted by molar-refractivity contribution is 0.0676. The molecule has 0 saturated heterocycles. The number of nitriles is 1. The first-order valence-corrected chi connectivity index (χ1v) is 8.98. The Balaban J connectivity index is 2.11. The summed E-state index contributed by atoms with van der Waals surface area (Å²) in [6.07, 6.45) is 3.20. The number of sulfone groups is 1. The zero-order valence-electron chi connectivity index (χ0n) is 13.1. The quantitative estimate of drug-likeness (QED) is 0.776. The van der Waals surface area contributed by atoms with Crippen molar-refractivity contribution in [2.75, 3.05) is 12.4 Å². The van der Waals surface area contributed by atoms with Crippen LogP contribution in [0.4, 0.5) is 0 Å². The van der Waals surface area contributed by atoms with Crippen molar-refractivity contribution in [3.05, 3.63) is 48.0 Å². The van der Waals surface area contributed by atoms with Crippen LogP contribution in [0.2, 0.25) is 0 Å². The molecule has 7 heteroatoms. The van der Waals surface area contributed by atoms with Gasteiger partial charge in [-0.1, -0.05) is 0 Å². The molecule has 1 aromatic carbocycles. The van der Waals surface area contributed by atoms with E-state index in [1.165, 1.54) is 24.3 Å². The number of nitrogens with zero attached hydrogens (tertiary/aromatic N) is 3. The molecule has 122 valence electrons. The van der Waals surface area contributed by atoms with Gasteiger partial charge >= 0.3 is 0 Å². The van der Waals surface area contributed by atoms with Crippen molar-refractivity contribution in [2.45, 2.75) is 31.4 Å². The number of benzene rings is 1. The summed E-state index contributed by atoms with van der Waals surface area (Å²) in [6.45, 7) is 4.66. The van der Waals surface area contributed by atoms with Crippen molar-refractivity contribution in [1.29, 1.82) is 5.26 Å². The molecule has 0 aliphatic rings. The Kier molecular flexibility index (Phi) is 5.53. The molecular weight excluding hydrogens is 314 g/mol. The van der Waals surface area contributed by atoms with Gasteiger partial charge in [-0.2, -0.15) is 5.26 Å². The number of hydrogen-bond donors (Lipinski definition) is 0. The van der Waals surface area contributed by atoms with Gasteiger partial charge < -0.3 is 9.30 Å². The maximum Gasteiger partial charge on any atom is 0.180 e. The monoisotopic (exact) mass is 333 g/mol. The third-order valence-electron chi connectivity index (χ3n) is 3.47. The smallest absolute Gasteiger partial charge is 0.180 e. The van der Waals surface area contributed by atoms with E-state index in [0.29, 0.717) is 24.5 Å². The van der Waals surface area contributed by atoms with E-state index >= 15 is 0 Å². The average Bonchev–Trinajstić information content (AvgIpc) is 3.02. The van der Waals surface area contributed by atoms with E-state index in [0.717, 1.165) is 0 Å². The van der Waals surface area contributed by atoms with Crippen molar-refractivity contribution in [3.63, 3.8) is 0 Å². The maximum absolute atomic E-state index is 12.4. The summed E-state index contributed by atoms with van der Waals surface area (Å²) < 4.78 is 32.1. The van der Waals surface area contributed by atoms with Gasteiger partial charge in [0.05, 0.1) is 22.3 Å². The summed E-state index contributed by atoms with van der Waals surface area (Å²) >= 11 is 0. The molecule has 0 radical (unpaired) electrons. The second kappa shape index (κ2) is 7.40. The third-order valence-corrected chi connectivity index (χ3v) is 5.18. The van der Waals surface area contributed by atoms with Crippen LogP contribution in [0.1, 0.15) is 31.3 Å². The molecule has 0 aliphatic carbocycles. The second-order valence-electron chi connectivity index (χ2n) is 5.03. The van der Waals surface area contributed by atoms with Gasteiger partial charge in [0.25, 0.3) is 0 Å². The molecule has 0 saturated carbocycles. The summed E-state index contributed by atoms with van der Waals surface area (Å²) in [4.78, 5) is 4.46. The molecule has 2 rings (SSSR count). The first-order chi connectivity index (χ1) is 11.0. The summed E-state index contributed by atoms with van der Waals surface area (Å²) in [5, 5.41) is 8.76. The highest BCUT2D eigenvalue weighted by Gasteiger charge is 2.17. The molecule has 0 fully saturated rings. The molecule has 1 heterocycles. The first-order valence-electron chi connectivity index (χ1n) is 7.33. The fourth-order valence-electron chi connectivity index (χ4n) is 2.27. The molecule has 0 bridgehead atoms. The minimum absolute atomic E-state index is 0.0406. The Hall–Kier alpha value is -2.17. The van der Waals surface area contributed by atoms with Gasteiger partial charge in [0, 0.05) is 25.5 Å². The lowest BCUT2D eigenvalue weighted by Crippen LogP contribution is -2.16. The van der Waals surface area contributed by atoms with Gasteiger partial charge in [0.2, 0.25) is 0 Å². The van der Waals surface area contributed by atoms with Crippen LogP contribution >= 0.6 is 0 Å². The Bertz CT molecular complexity index is 789. The number of imidazole rings is 1. The van der Waals surface area contributed by atoms with Gasteiger partial charge in [-0.25, -0.2) is 13.4 Å². The van der Waals surface area contributed by atoms with Gasteiger partial charge in [-0.3, -0.25) is 0 Å². The fourth-order valence-corrected chi connectivity index (χ4v) is 3.49. The highest BCUT2D eigenvalue weighted by atomic mass is 32.2. The molecule has 0 amide bonds. The van der Waals surface area contributed by atoms with Gasteiger partial charge in [0.1, 0.15) is 11.9 Å². The van der Waals surface area contributed by atoms with Crippen molar-refractivity contribution in [1.82, 2.24) is 9.55 Å². The van der Waals surface area contributed by atoms with Crippen molar-refractivity contribution in [2.24, 2.45) is 0 Å². The molecule has 0 N–H and O–H groups in total. The zero-order chi connectivity index (χ0) is 16.9. The lowest BCUT2D eigenvalue weighted by Gasteiger charge is -2.14. The van der Waals surface area contributed by atoms with Crippen LogP contribution in [0, 0.1) is 11.3 Å². The normalized spacial score (nSPS) is 12.7. The van der Waals surface area contributed by atoms with E-state index in [-0.39, 0.29) is 16.8 Å². The summed E-state index contributed by atoms with van der Waals surface area (Å²) in [7, 11) is -3.41. The molecular formula is C16H19N3O3S. The topological polar surface area (TPSA) is 85.0 Å². The first kappa shape index (κ1) is 17.2. The Labute approximate surface area is 136 Å². The molecule has 0 unspecified atom stereocenters. The zero-order valence-corrected chi connectivity index (χ0v) is 14.0. The van der Waals surface area contributed by atoms with Crippen molar-refractivity contribution in [3.8, 4) is 6.07 Å². The van der Waals surface area contributed by atoms with Gasteiger partial charge in [-0.05, 0) is 38.1 Å². The molecule has 23 heavy (non-hydrogen) atoms. The second-order valence-corrected chi connectivity index (χ2v) is 7.14. The predicted octanol–water partition coefficient (Wildman–Crippen LogP) is 2.33. The Morgan fingerprint density at radius 2 is 2.04 bits per heavy atom. The predicted molar refractivity (Wildman–Crippen MR) is 85.5 cm³/mol. The Morgan fingerprint density at radius 1 is 1.35 bits per heavy atom. The molecule has 0 spiro atoms. The van der Waals surface area contributed by atoms with Crippen molar-refractivity contribution < 1.29 is 13.2 Å². The van der Waals surface area contributed by atoms with E-state index in [2.05, 4.69) is 4.98 Å². The Morgan fingerprint density at radius 3 is 2.65 bits per heavy atom. The largest absolute Gasteiger partial charge is 0.371 e. The molecule has 0 aliphatic heterocycles. The van der Waals surface area contributed by atoms with Crippen LogP contribution in [0.5, 0.6) is 0 Å². The highest BCUT2D eigenvalue weighted by Crippen LogP contribution is 2.16.